The molecule has 2 heterocycles. The van der Waals surface area contributed by atoms with Gasteiger partial charge >= 0.3 is 5.97 Å². The molecule has 0 bridgehead atoms. The number of hydrogen-bond acceptors (Lipinski definition) is 9. The highest BCUT2D eigenvalue weighted by atomic mass is 19.1. The molecule has 1 aliphatic heterocycles. The molecule has 0 amide bonds. The Kier molecular flexibility index (Phi) is 12.9. The van der Waals surface area contributed by atoms with E-state index < -0.39 is 24.4 Å². The third-order valence-corrected chi connectivity index (χ3v) is 9.04. The van der Waals surface area contributed by atoms with Crippen LogP contribution >= 0.6 is 0 Å². The maximum Gasteiger partial charge on any atom is 0.323 e. The molecule has 1 fully saturated rings. The van der Waals surface area contributed by atoms with Gasteiger partial charge in [-0.1, -0.05) is 42.5 Å². The van der Waals surface area contributed by atoms with Gasteiger partial charge in [0.25, 0.3) is 0 Å². The van der Waals surface area contributed by atoms with E-state index in [9.17, 15) is 25.4 Å². The zero-order valence-electron chi connectivity index (χ0n) is 28.8. The molecular formula is C40H43FN4O6. The maximum absolute atomic E-state index is 16.0. The first kappa shape index (κ1) is 37.1. The first-order valence-corrected chi connectivity index (χ1v) is 16.9. The highest BCUT2D eigenvalue weighted by molar-refractivity contribution is 5.83. The molecule has 2 atom stereocenters. The number of hydrogen-bond donors (Lipinski definition) is 4. The van der Waals surface area contributed by atoms with Crippen molar-refractivity contribution in [2.75, 3.05) is 32.8 Å². The van der Waals surface area contributed by atoms with E-state index in [0.29, 0.717) is 41.2 Å². The summed E-state index contributed by atoms with van der Waals surface area (Å²) in [4.78, 5) is 17.8. The predicted molar refractivity (Wildman–Crippen MR) is 193 cm³/mol. The second-order valence-electron chi connectivity index (χ2n) is 12.6. The smallest absolute Gasteiger partial charge is 0.323 e. The van der Waals surface area contributed by atoms with Crippen LogP contribution < -0.4 is 14.8 Å². The zero-order chi connectivity index (χ0) is 36.3. The molecule has 0 aliphatic carbocycles. The van der Waals surface area contributed by atoms with E-state index in [1.807, 2.05) is 56.3 Å². The minimum atomic E-state index is -1.20. The minimum absolute atomic E-state index is 0.0402. The number of carboxylic acid groups (broad SMARTS) is 1. The third-order valence-electron chi connectivity index (χ3n) is 9.04. The number of carboxylic acids is 1. The molecular weight excluding hydrogens is 651 g/mol. The van der Waals surface area contributed by atoms with Crippen molar-refractivity contribution in [2.45, 2.75) is 52.0 Å². The molecule has 51 heavy (non-hydrogen) atoms. The topological polar surface area (TPSA) is 148 Å². The van der Waals surface area contributed by atoms with E-state index >= 15 is 4.39 Å². The molecule has 0 unspecified atom stereocenters. The van der Waals surface area contributed by atoms with E-state index in [4.69, 9.17) is 9.47 Å². The average molecular weight is 695 g/mol. The summed E-state index contributed by atoms with van der Waals surface area (Å²) in [5.74, 6) is -0.590. The van der Waals surface area contributed by atoms with Gasteiger partial charge < -0.3 is 29.7 Å². The van der Waals surface area contributed by atoms with Gasteiger partial charge in [-0.15, -0.1) is 0 Å². The molecule has 0 spiro atoms. The summed E-state index contributed by atoms with van der Waals surface area (Å²) < 4.78 is 28.3. The second-order valence-corrected chi connectivity index (χ2v) is 12.6. The number of aliphatic hydroxyl groups is 2. The van der Waals surface area contributed by atoms with Crippen LogP contribution in [0.4, 0.5) is 4.39 Å². The van der Waals surface area contributed by atoms with Crippen molar-refractivity contribution in [2.24, 2.45) is 0 Å². The highest BCUT2D eigenvalue weighted by Crippen LogP contribution is 2.35. The number of nitriles is 1. The Morgan fingerprint density at radius 1 is 1.10 bits per heavy atom. The van der Waals surface area contributed by atoms with Gasteiger partial charge in [0.1, 0.15) is 36.0 Å². The summed E-state index contributed by atoms with van der Waals surface area (Å²) in [6, 6.07) is 19.0. The summed E-state index contributed by atoms with van der Waals surface area (Å²) in [7, 11) is 0. The van der Waals surface area contributed by atoms with Crippen LogP contribution in [-0.4, -0.2) is 76.2 Å². The van der Waals surface area contributed by atoms with Crippen LogP contribution in [0.5, 0.6) is 11.5 Å². The summed E-state index contributed by atoms with van der Waals surface area (Å²) in [6.07, 6.45) is 5.93. The van der Waals surface area contributed by atoms with Gasteiger partial charge in [0.15, 0.2) is 0 Å². The molecule has 0 radical (unpaired) electrons. The lowest BCUT2D eigenvalue weighted by Gasteiger charge is -2.17. The molecule has 1 aliphatic rings. The first-order valence-electron chi connectivity index (χ1n) is 16.9. The average Bonchev–Trinajstić information content (AvgIpc) is 3.55. The first-order chi connectivity index (χ1) is 24.7. The van der Waals surface area contributed by atoms with E-state index in [2.05, 4.69) is 15.2 Å². The van der Waals surface area contributed by atoms with Crippen LogP contribution in [0.25, 0.3) is 23.0 Å². The molecule has 4 aromatic rings. The minimum Gasteiger partial charge on any atom is -0.493 e. The van der Waals surface area contributed by atoms with Crippen LogP contribution in [0.2, 0.25) is 0 Å². The quantitative estimate of drug-likeness (QED) is 0.0856. The molecule has 266 valence electrons. The number of rotatable bonds is 16. The van der Waals surface area contributed by atoms with Gasteiger partial charge in [-0.2, -0.15) is 5.26 Å². The third kappa shape index (κ3) is 9.78. The summed E-state index contributed by atoms with van der Waals surface area (Å²) in [5, 5.41) is 40.6. The number of nitrogens with one attached hydrogen (secondary N) is 1. The van der Waals surface area contributed by atoms with Crippen LogP contribution in [0.3, 0.4) is 0 Å². The summed E-state index contributed by atoms with van der Waals surface area (Å²) >= 11 is 0. The molecule has 5 rings (SSSR count). The number of aromatic nitrogens is 1. The molecule has 1 aromatic heterocycles. The van der Waals surface area contributed by atoms with E-state index in [0.717, 1.165) is 53.9 Å². The standard InChI is InChI=1S/C40H43FN4O6/c1-26-30(6-3-7-34(26)35-8-4-9-38(27(35)2)50-15-5-13-45-14-12-33(47)23-45)17-36(41)31-10-11-32(22-44-37(24-46)40(48)49)39(18-31)51-25-29-16-28(19-42)20-43-21-29/h3-4,6-11,16-18,20-21,33,37,44,46-47H,5,12-15,22-25H2,1-2H3,(H,48,49)/b36-17-/t33-,37-/m1/s1. The number of benzene rings is 3. The Morgan fingerprint density at radius 2 is 1.88 bits per heavy atom. The van der Waals surface area contributed by atoms with Crippen molar-refractivity contribution < 1.29 is 34.0 Å². The maximum atomic E-state index is 16.0. The van der Waals surface area contributed by atoms with Gasteiger partial charge in [0.05, 0.1) is 24.9 Å². The number of pyridine rings is 1. The van der Waals surface area contributed by atoms with Gasteiger partial charge in [0.2, 0.25) is 0 Å². The Hall–Kier alpha value is -5.12. The fourth-order valence-corrected chi connectivity index (χ4v) is 6.11. The molecule has 1 saturated heterocycles. The van der Waals surface area contributed by atoms with Crippen molar-refractivity contribution in [3.8, 4) is 28.7 Å². The summed E-state index contributed by atoms with van der Waals surface area (Å²) in [6.45, 7) is 6.53. The fraction of sp³-hybridized carbons (Fsp3) is 0.325. The SMILES string of the molecule is Cc1c(/C=C(\F)c2ccc(CN[C@H](CO)C(=O)O)c(OCc3cncc(C#N)c3)c2)cccc1-c1cccc(OCCCN2CC[C@@H](O)C2)c1C. The van der Waals surface area contributed by atoms with Crippen molar-refractivity contribution in [1.82, 2.24) is 15.2 Å². The summed E-state index contributed by atoms with van der Waals surface area (Å²) in [5.41, 5.74) is 6.36. The Balaban J connectivity index is 1.36. The van der Waals surface area contributed by atoms with Crippen LogP contribution in [0.1, 0.15) is 51.8 Å². The van der Waals surface area contributed by atoms with Crippen molar-refractivity contribution in [1.29, 1.82) is 5.26 Å². The van der Waals surface area contributed by atoms with Crippen LogP contribution in [0.15, 0.2) is 73.1 Å². The number of aliphatic hydroxyl groups excluding tert-OH is 2. The molecule has 3 aromatic carbocycles. The van der Waals surface area contributed by atoms with Crippen LogP contribution in [-0.2, 0) is 17.9 Å². The zero-order valence-corrected chi connectivity index (χ0v) is 28.8. The Bertz CT molecular complexity index is 1910. The largest absolute Gasteiger partial charge is 0.493 e. The van der Waals surface area contributed by atoms with E-state index in [-0.39, 0.29) is 24.8 Å². The van der Waals surface area contributed by atoms with Crippen LogP contribution in [0, 0.1) is 25.2 Å². The molecule has 10 nitrogen and oxygen atoms in total. The Morgan fingerprint density at radius 3 is 2.61 bits per heavy atom. The second kappa shape index (κ2) is 17.7. The number of β-amino-alcohol motifs (C(OH)–C–C–N with tert-alkyl or cyclic N) is 1. The monoisotopic (exact) mass is 694 g/mol. The lowest BCUT2D eigenvalue weighted by Crippen LogP contribution is -2.39. The Labute approximate surface area is 297 Å². The number of halogens is 1. The number of aliphatic carboxylic acids is 1. The van der Waals surface area contributed by atoms with Gasteiger partial charge in [-0.25, -0.2) is 4.39 Å². The van der Waals surface area contributed by atoms with Crippen molar-refractivity contribution >= 4 is 17.9 Å². The fourth-order valence-electron chi connectivity index (χ4n) is 6.11. The van der Waals surface area contributed by atoms with Crippen molar-refractivity contribution in [3.05, 3.63) is 112 Å². The normalized spacial score (nSPS) is 15.4. The van der Waals surface area contributed by atoms with E-state index in [1.54, 1.807) is 30.5 Å². The number of ether oxygens (including phenoxy) is 2. The molecule has 0 saturated carbocycles. The predicted octanol–water partition coefficient (Wildman–Crippen LogP) is 5.65. The number of likely N-dealkylation sites (tertiary alicyclic amines) is 1. The molecule has 4 N–H and O–H groups in total. The number of nitrogens with zero attached hydrogens (tertiary/aromatic N) is 3. The lowest BCUT2D eigenvalue weighted by atomic mass is 9.92. The molecule has 11 heteroatoms. The highest BCUT2D eigenvalue weighted by Gasteiger charge is 2.20. The van der Waals surface area contributed by atoms with Gasteiger partial charge in [-0.05, 0) is 78.8 Å². The van der Waals surface area contributed by atoms with Crippen molar-refractivity contribution in [3.63, 3.8) is 0 Å². The number of carbonyl (C=O) groups is 1. The lowest BCUT2D eigenvalue weighted by molar-refractivity contribution is -0.140. The van der Waals surface area contributed by atoms with E-state index in [1.165, 1.54) is 12.3 Å². The van der Waals surface area contributed by atoms with Gasteiger partial charge in [-0.3, -0.25) is 15.1 Å². The van der Waals surface area contributed by atoms with Gasteiger partial charge in [0, 0.05) is 55.3 Å².